The van der Waals surface area contributed by atoms with E-state index in [1.54, 1.807) is 24.3 Å². The van der Waals surface area contributed by atoms with Gasteiger partial charge in [-0.25, -0.2) is 10.1 Å². The third-order valence-electron chi connectivity index (χ3n) is 2.57. The maximum Gasteiger partial charge on any atom is 0.297 e. The number of nitrogens with two attached hydrogens (primary N) is 1. The van der Waals surface area contributed by atoms with Crippen LogP contribution in [0.5, 0.6) is 0 Å². The molecule has 3 N–H and O–H groups in total. The zero-order chi connectivity index (χ0) is 16.1. The molecule has 0 amide bonds. The molecule has 0 aliphatic carbocycles. The molecule has 9 nitrogen and oxygen atoms in total. The van der Waals surface area contributed by atoms with Crippen LogP contribution < -0.4 is 16.1 Å². The fourth-order valence-corrected chi connectivity index (χ4v) is 1.84. The first-order valence-corrected chi connectivity index (χ1v) is 6.44. The standard InChI is InChI=1S/C12H12ClN7O2/c1-2-9(15-8-6-4-3-5-7-8)19(20(21)22)12-17-10(13)16-11(14)18-12/h2-7,9,15H,1H2,(H2,14,16,17,18). The van der Waals surface area contributed by atoms with Crippen LogP contribution in [0.25, 0.3) is 0 Å². The number of hydrazine groups is 1. The van der Waals surface area contributed by atoms with Crippen LogP contribution in [0.1, 0.15) is 0 Å². The summed E-state index contributed by atoms with van der Waals surface area (Å²) in [5.74, 6) is -0.514. The molecule has 22 heavy (non-hydrogen) atoms. The molecule has 114 valence electrons. The van der Waals surface area contributed by atoms with Gasteiger partial charge < -0.3 is 11.1 Å². The van der Waals surface area contributed by atoms with Gasteiger partial charge in [-0.3, -0.25) is 0 Å². The molecule has 10 heteroatoms. The second-order valence-corrected chi connectivity index (χ2v) is 4.37. The van der Waals surface area contributed by atoms with Crippen molar-refractivity contribution in [3.63, 3.8) is 0 Å². The van der Waals surface area contributed by atoms with Gasteiger partial charge in [0.05, 0.1) is 0 Å². The summed E-state index contributed by atoms with van der Waals surface area (Å²) < 4.78 is 0. The lowest BCUT2D eigenvalue weighted by molar-refractivity contribution is -0.498. The molecule has 0 fully saturated rings. The van der Waals surface area contributed by atoms with E-state index >= 15 is 0 Å². The van der Waals surface area contributed by atoms with E-state index < -0.39 is 11.2 Å². The van der Waals surface area contributed by atoms with Gasteiger partial charge in [0.15, 0.2) is 11.2 Å². The summed E-state index contributed by atoms with van der Waals surface area (Å²) in [6, 6.07) is 8.91. The van der Waals surface area contributed by atoms with Crippen LogP contribution in [0.2, 0.25) is 5.28 Å². The highest BCUT2D eigenvalue weighted by Crippen LogP contribution is 2.17. The van der Waals surface area contributed by atoms with Crippen molar-refractivity contribution in [2.24, 2.45) is 0 Å². The minimum atomic E-state index is -0.921. The molecule has 1 unspecified atom stereocenters. The summed E-state index contributed by atoms with van der Waals surface area (Å²) in [7, 11) is 0. The van der Waals surface area contributed by atoms with Crippen molar-refractivity contribution >= 4 is 29.2 Å². The zero-order valence-corrected chi connectivity index (χ0v) is 12.0. The highest BCUT2D eigenvalue weighted by Gasteiger charge is 2.30. The molecular weight excluding hydrogens is 310 g/mol. The van der Waals surface area contributed by atoms with Gasteiger partial charge in [-0.05, 0) is 34.8 Å². The first-order chi connectivity index (χ1) is 10.5. The molecule has 1 aromatic heterocycles. The number of nitrogens with zero attached hydrogens (tertiary/aromatic N) is 5. The van der Waals surface area contributed by atoms with Gasteiger partial charge in [-0.2, -0.15) is 15.0 Å². The van der Waals surface area contributed by atoms with E-state index in [-0.39, 0.29) is 17.2 Å². The normalized spacial score (nSPS) is 11.5. The maximum atomic E-state index is 11.4. The summed E-state index contributed by atoms with van der Waals surface area (Å²) in [5, 5.41) is 14.0. The number of hydrogen-bond acceptors (Lipinski definition) is 7. The maximum absolute atomic E-state index is 11.4. The zero-order valence-electron chi connectivity index (χ0n) is 11.3. The summed E-state index contributed by atoms with van der Waals surface area (Å²) in [4.78, 5) is 22.4. The van der Waals surface area contributed by atoms with Crippen LogP contribution in [0, 0.1) is 10.1 Å². The number of hydrogen-bond donors (Lipinski definition) is 2. The first kappa shape index (κ1) is 15.4. The quantitative estimate of drug-likeness (QED) is 0.357. The average molecular weight is 322 g/mol. The fraction of sp³-hybridized carbons (Fsp3) is 0.0833. The van der Waals surface area contributed by atoms with Gasteiger partial charge >= 0.3 is 0 Å². The molecule has 0 bridgehead atoms. The fourth-order valence-electron chi connectivity index (χ4n) is 1.68. The van der Waals surface area contributed by atoms with Crippen molar-refractivity contribution in [3.05, 3.63) is 58.4 Å². The Morgan fingerprint density at radius 2 is 2.05 bits per heavy atom. The number of nitrogen functional groups attached to an aromatic ring is 1. The van der Waals surface area contributed by atoms with E-state index in [1.807, 2.05) is 6.07 Å². The van der Waals surface area contributed by atoms with Crippen molar-refractivity contribution in [2.75, 3.05) is 16.1 Å². The Bertz CT molecular complexity index is 662. The van der Waals surface area contributed by atoms with Crippen LogP contribution >= 0.6 is 11.6 Å². The van der Waals surface area contributed by atoms with Crippen molar-refractivity contribution in [3.8, 4) is 0 Å². The minimum absolute atomic E-state index is 0.218. The Morgan fingerprint density at radius 1 is 1.36 bits per heavy atom. The van der Waals surface area contributed by atoms with E-state index in [2.05, 4.69) is 26.8 Å². The summed E-state index contributed by atoms with van der Waals surface area (Å²) in [6.45, 7) is 3.59. The molecule has 0 spiro atoms. The Hall–Kier alpha value is -2.94. The van der Waals surface area contributed by atoms with Crippen LogP contribution in [-0.2, 0) is 0 Å². The largest absolute Gasteiger partial charge is 0.368 e. The number of nitro groups is 1. The van der Waals surface area contributed by atoms with Crippen LogP contribution in [-0.4, -0.2) is 26.2 Å². The first-order valence-electron chi connectivity index (χ1n) is 6.06. The molecule has 1 aromatic carbocycles. The molecule has 1 heterocycles. The number of rotatable bonds is 6. The SMILES string of the molecule is C=CC(Nc1ccccc1)N(c1nc(N)nc(Cl)n1)[N+](=O)[O-]. The monoisotopic (exact) mass is 321 g/mol. The Balaban J connectivity index is 2.36. The molecule has 2 aromatic rings. The highest BCUT2D eigenvalue weighted by molar-refractivity contribution is 6.28. The predicted octanol–water partition coefficient (Wildman–Crippen LogP) is 1.73. The Labute approximate surface area is 130 Å². The van der Waals surface area contributed by atoms with Crippen molar-refractivity contribution in [1.82, 2.24) is 15.0 Å². The summed E-state index contributed by atoms with van der Waals surface area (Å²) in [6.07, 6.45) is 0.416. The summed E-state index contributed by atoms with van der Waals surface area (Å²) in [5.41, 5.74) is 6.11. The number of halogens is 1. The van der Waals surface area contributed by atoms with Gasteiger partial charge in [0.25, 0.3) is 5.95 Å². The number of anilines is 3. The van der Waals surface area contributed by atoms with Crippen LogP contribution in [0.15, 0.2) is 43.0 Å². The molecule has 0 saturated carbocycles. The second-order valence-electron chi connectivity index (χ2n) is 4.04. The van der Waals surface area contributed by atoms with Crippen molar-refractivity contribution < 1.29 is 5.03 Å². The number of aromatic nitrogens is 3. The Kier molecular flexibility index (Phi) is 4.69. The van der Waals surface area contributed by atoms with E-state index in [4.69, 9.17) is 17.3 Å². The molecule has 0 saturated heterocycles. The molecular formula is C12H12ClN7O2. The van der Waals surface area contributed by atoms with E-state index in [0.29, 0.717) is 10.7 Å². The van der Waals surface area contributed by atoms with Gasteiger partial charge in [-0.1, -0.05) is 24.8 Å². The molecule has 2 rings (SSSR count). The molecule has 0 radical (unpaired) electrons. The molecule has 1 atom stereocenters. The summed E-state index contributed by atoms with van der Waals surface area (Å²) >= 11 is 5.67. The second kappa shape index (κ2) is 6.68. The number of nitrogens with one attached hydrogen (secondary N) is 1. The third kappa shape index (κ3) is 3.58. The van der Waals surface area contributed by atoms with Crippen LogP contribution in [0.3, 0.4) is 0 Å². The van der Waals surface area contributed by atoms with Gasteiger partial charge in [0, 0.05) is 5.69 Å². The molecule has 0 aliphatic rings. The lowest BCUT2D eigenvalue weighted by Gasteiger charge is -2.21. The van der Waals surface area contributed by atoms with Gasteiger partial charge in [0.1, 0.15) is 0 Å². The minimum Gasteiger partial charge on any atom is -0.368 e. The topological polar surface area (TPSA) is 123 Å². The van der Waals surface area contributed by atoms with Gasteiger partial charge in [-0.15, -0.1) is 0 Å². The number of para-hydroxylation sites is 1. The average Bonchev–Trinajstić information content (AvgIpc) is 2.46. The lowest BCUT2D eigenvalue weighted by Crippen LogP contribution is -2.44. The number of benzene rings is 1. The van der Waals surface area contributed by atoms with E-state index in [1.165, 1.54) is 6.08 Å². The van der Waals surface area contributed by atoms with E-state index in [9.17, 15) is 10.1 Å². The third-order valence-corrected chi connectivity index (χ3v) is 2.74. The smallest absolute Gasteiger partial charge is 0.297 e. The van der Waals surface area contributed by atoms with Gasteiger partial charge in [0.2, 0.25) is 11.2 Å². The Morgan fingerprint density at radius 3 is 2.59 bits per heavy atom. The molecule has 0 aliphatic heterocycles. The van der Waals surface area contributed by atoms with Crippen molar-refractivity contribution in [1.29, 1.82) is 0 Å². The lowest BCUT2D eigenvalue weighted by atomic mass is 10.3. The highest BCUT2D eigenvalue weighted by atomic mass is 35.5. The predicted molar refractivity (Wildman–Crippen MR) is 82.8 cm³/mol. The van der Waals surface area contributed by atoms with Crippen LogP contribution in [0.4, 0.5) is 17.6 Å². The van der Waals surface area contributed by atoms with E-state index in [0.717, 1.165) is 0 Å². The van der Waals surface area contributed by atoms with Crippen molar-refractivity contribution in [2.45, 2.75) is 6.17 Å².